The van der Waals surface area contributed by atoms with Crippen LogP contribution in [0.4, 0.5) is 14.9 Å². The molecule has 6 heteroatoms. The highest BCUT2D eigenvalue weighted by molar-refractivity contribution is 5.95. The van der Waals surface area contributed by atoms with Gasteiger partial charge in [0.2, 0.25) is 0 Å². The Labute approximate surface area is 123 Å². The van der Waals surface area contributed by atoms with Crippen molar-refractivity contribution < 1.29 is 19.1 Å². The molecule has 0 bridgehead atoms. The molecule has 0 saturated heterocycles. The fraction of sp³-hybridized carbons (Fsp3) is 0.467. The summed E-state index contributed by atoms with van der Waals surface area (Å²) in [5.74, 6) is -1.63. The Kier molecular flexibility index (Phi) is 5.69. The summed E-state index contributed by atoms with van der Waals surface area (Å²) in [6.45, 7) is 5.21. The lowest BCUT2D eigenvalue weighted by Crippen LogP contribution is -2.56. The number of hydrogen-bond acceptors (Lipinski definition) is 2. The molecular weight excluding hydrogens is 275 g/mol. The molecule has 116 valence electrons. The van der Waals surface area contributed by atoms with Gasteiger partial charge in [0.15, 0.2) is 0 Å². The van der Waals surface area contributed by atoms with Gasteiger partial charge in [-0.25, -0.2) is 14.0 Å². The minimum atomic E-state index is -1.37. The predicted molar refractivity (Wildman–Crippen MR) is 78.9 cm³/mol. The first-order chi connectivity index (χ1) is 9.85. The molecule has 2 N–H and O–H groups in total. The van der Waals surface area contributed by atoms with E-state index in [1.807, 2.05) is 6.92 Å². The zero-order valence-electron chi connectivity index (χ0n) is 12.5. The number of rotatable bonds is 6. The smallest absolute Gasteiger partial charge is 0.329 e. The molecule has 1 unspecified atom stereocenters. The highest BCUT2D eigenvalue weighted by atomic mass is 19.1. The van der Waals surface area contributed by atoms with Crippen LogP contribution in [0.1, 0.15) is 33.6 Å². The maximum absolute atomic E-state index is 13.8. The lowest BCUT2D eigenvalue weighted by molar-refractivity contribution is -0.144. The van der Waals surface area contributed by atoms with Gasteiger partial charge in [0.1, 0.15) is 11.4 Å². The van der Waals surface area contributed by atoms with E-state index in [0.717, 1.165) is 0 Å². The van der Waals surface area contributed by atoms with Gasteiger partial charge in [-0.05, 0) is 32.4 Å². The fourth-order valence-electron chi connectivity index (χ4n) is 2.12. The second kappa shape index (κ2) is 7.06. The topological polar surface area (TPSA) is 69.6 Å². The second-order valence-electron chi connectivity index (χ2n) is 5.01. The molecule has 0 radical (unpaired) electrons. The number of urea groups is 1. The van der Waals surface area contributed by atoms with Gasteiger partial charge in [0.05, 0.1) is 5.69 Å². The number of carbonyl (C=O) groups is 2. The minimum absolute atomic E-state index is 0.127. The largest absolute Gasteiger partial charge is 0.480 e. The van der Waals surface area contributed by atoms with Crippen molar-refractivity contribution >= 4 is 17.7 Å². The highest BCUT2D eigenvalue weighted by Gasteiger charge is 2.35. The van der Waals surface area contributed by atoms with E-state index in [-0.39, 0.29) is 12.2 Å². The summed E-state index contributed by atoms with van der Waals surface area (Å²) in [4.78, 5) is 24.8. The number of halogens is 1. The van der Waals surface area contributed by atoms with E-state index >= 15 is 0 Å². The normalized spacial score (nSPS) is 13.3. The van der Waals surface area contributed by atoms with Crippen LogP contribution < -0.4 is 10.2 Å². The van der Waals surface area contributed by atoms with Crippen LogP contribution >= 0.6 is 0 Å². The molecule has 0 aromatic heterocycles. The third-order valence-electron chi connectivity index (χ3n) is 3.31. The Bertz CT molecular complexity index is 521. The lowest BCUT2D eigenvalue weighted by atomic mass is 9.96. The van der Waals surface area contributed by atoms with Crippen molar-refractivity contribution in [3.63, 3.8) is 0 Å². The van der Waals surface area contributed by atoms with Crippen molar-refractivity contribution in [3.05, 3.63) is 30.1 Å². The van der Waals surface area contributed by atoms with E-state index in [4.69, 9.17) is 0 Å². The van der Waals surface area contributed by atoms with Crippen molar-refractivity contribution in [2.75, 3.05) is 11.4 Å². The molecule has 1 atom stereocenters. The van der Waals surface area contributed by atoms with Crippen LogP contribution in [0, 0.1) is 5.82 Å². The van der Waals surface area contributed by atoms with E-state index in [0.29, 0.717) is 12.8 Å². The van der Waals surface area contributed by atoms with Crippen molar-refractivity contribution in [2.45, 2.75) is 39.2 Å². The van der Waals surface area contributed by atoms with Crippen LogP contribution in [0.2, 0.25) is 0 Å². The van der Waals surface area contributed by atoms with Gasteiger partial charge >= 0.3 is 12.0 Å². The first-order valence-electron chi connectivity index (χ1n) is 6.93. The van der Waals surface area contributed by atoms with Crippen LogP contribution in [0.5, 0.6) is 0 Å². The molecule has 21 heavy (non-hydrogen) atoms. The molecule has 0 spiro atoms. The number of benzene rings is 1. The van der Waals surface area contributed by atoms with Crippen molar-refractivity contribution in [1.29, 1.82) is 0 Å². The first-order valence-corrected chi connectivity index (χ1v) is 6.93. The molecular formula is C15H21FN2O3. The number of carbonyl (C=O) groups excluding carboxylic acids is 1. The summed E-state index contributed by atoms with van der Waals surface area (Å²) in [6.07, 6.45) is 0.901. The molecule has 0 aliphatic heterocycles. The van der Waals surface area contributed by atoms with Gasteiger partial charge in [-0.15, -0.1) is 0 Å². The molecule has 0 aliphatic carbocycles. The number of aliphatic carboxylic acids is 1. The number of carboxylic acids is 1. The molecule has 2 amide bonds. The third-order valence-corrected chi connectivity index (χ3v) is 3.31. The van der Waals surface area contributed by atoms with Gasteiger partial charge < -0.3 is 10.4 Å². The fourth-order valence-corrected chi connectivity index (χ4v) is 2.12. The Morgan fingerprint density at radius 1 is 1.33 bits per heavy atom. The van der Waals surface area contributed by atoms with Crippen molar-refractivity contribution in [2.24, 2.45) is 0 Å². The standard InChI is InChI=1S/C15H21FN2O3/c1-4-10-15(3,13(19)20)17-14(21)18(5-2)12-9-7-6-8-11(12)16/h6-9H,4-5,10H2,1-3H3,(H,17,21)(H,19,20). The van der Waals surface area contributed by atoms with E-state index in [2.05, 4.69) is 5.32 Å². The van der Waals surface area contributed by atoms with Crippen LogP contribution in [-0.2, 0) is 4.79 Å². The number of anilines is 1. The molecule has 5 nitrogen and oxygen atoms in total. The number of amides is 2. The predicted octanol–water partition coefficient (Wildman–Crippen LogP) is 3.01. The van der Waals surface area contributed by atoms with Gasteiger partial charge in [-0.1, -0.05) is 25.5 Å². The molecule has 0 heterocycles. The SMILES string of the molecule is CCCC(C)(NC(=O)N(CC)c1ccccc1F)C(=O)O. The van der Waals surface area contributed by atoms with E-state index < -0.39 is 23.4 Å². The van der Waals surface area contributed by atoms with Crippen LogP contribution in [0.3, 0.4) is 0 Å². The summed E-state index contributed by atoms with van der Waals surface area (Å²) >= 11 is 0. The van der Waals surface area contributed by atoms with E-state index in [1.54, 1.807) is 13.0 Å². The summed E-state index contributed by atoms with van der Waals surface area (Å²) in [5, 5.41) is 11.8. The maximum Gasteiger partial charge on any atom is 0.329 e. The summed E-state index contributed by atoms with van der Waals surface area (Å²) in [5.41, 5.74) is -1.24. The van der Waals surface area contributed by atoms with Gasteiger partial charge in [-0.3, -0.25) is 4.90 Å². The lowest BCUT2D eigenvalue weighted by Gasteiger charge is -2.30. The van der Waals surface area contributed by atoms with Gasteiger partial charge in [-0.2, -0.15) is 0 Å². The van der Waals surface area contributed by atoms with E-state index in [1.165, 1.54) is 30.0 Å². The Morgan fingerprint density at radius 2 is 1.95 bits per heavy atom. The Hall–Kier alpha value is -2.11. The molecule has 0 aliphatic rings. The van der Waals surface area contributed by atoms with Crippen LogP contribution in [0.25, 0.3) is 0 Å². The minimum Gasteiger partial charge on any atom is -0.480 e. The van der Waals surface area contributed by atoms with Gasteiger partial charge in [0.25, 0.3) is 0 Å². The van der Waals surface area contributed by atoms with Crippen LogP contribution in [0.15, 0.2) is 24.3 Å². The average Bonchev–Trinajstić information content (AvgIpc) is 2.41. The molecule has 0 fully saturated rings. The Balaban J connectivity index is 2.99. The number of carboxylic acid groups (broad SMARTS) is 1. The number of hydrogen-bond donors (Lipinski definition) is 2. The van der Waals surface area contributed by atoms with Crippen molar-refractivity contribution in [3.8, 4) is 0 Å². The zero-order chi connectivity index (χ0) is 16.0. The second-order valence-corrected chi connectivity index (χ2v) is 5.01. The summed E-state index contributed by atoms with van der Waals surface area (Å²) in [6, 6.07) is 5.27. The molecule has 0 saturated carbocycles. The Morgan fingerprint density at radius 3 is 2.43 bits per heavy atom. The third kappa shape index (κ3) is 3.93. The number of nitrogens with one attached hydrogen (secondary N) is 1. The van der Waals surface area contributed by atoms with E-state index in [9.17, 15) is 19.1 Å². The van der Waals surface area contributed by atoms with Gasteiger partial charge in [0, 0.05) is 6.54 Å². The summed E-state index contributed by atoms with van der Waals surface area (Å²) < 4.78 is 13.8. The molecule has 1 rings (SSSR count). The number of nitrogens with zero attached hydrogens (tertiary/aromatic N) is 1. The quantitative estimate of drug-likeness (QED) is 0.847. The summed E-state index contributed by atoms with van der Waals surface area (Å²) in [7, 11) is 0. The first kappa shape index (κ1) is 16.9. The molecule has 1 aromatic rings. The monoisotopic (exact) mass is 296 g/mol. The van der Waals surface area contributed by atoms with Crippen LogP contribution in [-0.4, -0.2) is 29.2 Å². The average molecular weight is 296 g/mol. The zero-order valence-corrected chi connectivity index (χ0v) is 12.5. The molecule has 1 aromatic carbocycles. The van der Waals surface area contributed by atoms with Crippen molar-refractivity contribution in [1.82, 2.24) is 5.32 Å². The maximum atomic E-state index is 13.8. The number of para-hydroxylation sites is 1. The highest BCUT2D eigenvalue weighted by Crippen LogP contribution is 2.20.